The molecule has 1 fully saturated rings. The summed E-state index contributed by atoms with van der Waals surface area (Å²) in [7, 11) is 0. The van der Waals surface area contributed by atoms with Crippen LogP contribution in [0.3, 0.4) is 0 Å². The predicted octanol–water partition coefficient (Wildman–Crippen LogP) is 3.36. The van der Waals surface area contributed by atoms with Gasteiger partial charge in [0, 0.05) is 12.2 Å². The first-order valence-corrected chi connectivity index (χ1v) is 11.0. The number of hydrogen-bond acceptors (Lipinski definition) is 4. The van der Waals surface area contributed by atoms with E-state index in [1.807, 2.05) is 43.0 Å². The molecule has 0 saturated heterocycles. The Morgan fingerprint density at radius 2 is 1.86 bits per heavy atom. The van der Waals surface area contributed by atoms with E-state index in [0.29, 0.717) is 31.7 Å². The molecule has 0 aromatic heterocycles. The Morgan fingerprint density at radius 1 is 1.14 bits per heavy atom. The van der Waals surface area contributed by atoms with Crippen LogP contribution in [0.4, 0.5) is 5.69 Å². The van der Waals surface area contributed by atoms with Crippen LogP contribution >= 0.6 is 0 Å². The normalized spacial score (nSPS) is 19.2. The van der Waals surface area contributed by atoms with Crippen molar-refractivity contribution in [2.45, 2.75) is 59.0 Å². The molecule has 2 N–H and O–H groups in total. The van der Waals surface area contributed by atoms with Crippen LogP contribution in [0, 0.1) is 12.8 Å². The quantitative estimate of drug-likeness (QED) is 0.556. The Kier molecular flexibility index (Phi) is 10.2. The fourth-order valence-electron chi connectivity index (χ4n) is 3.83. The minimum Gasteiger partial charge on any atom is -0.376 e. The van der Waals surface area contributed by atoms with Gasteiger partial charge in [0.05, 0.1) is 25.8 Å². The Hall–Kier alpha value is -1.92. The van der Waals surface area contributed by atoms with Gasteiger partial charge in [0.2, 0.25) is 11.8 Å². The summed E-state index contributed by atoms with van der Waals surface area (Å²) in [6.07, 6.45) is 6.08. The largest absolute Gasteiger partial charge is 0.376 e. The number of ether oxygens (including phenoxy) is 1. The highest BCUT2D eigenvalue weighted by atomic mass is 16.5. The minimum atomic E-state index is -0.102. The van der Waals surface area contributed by atoms with Gasteiger partial charge >= 0.3 is 0 Å². The van der Waals surface area contributed by atoms with E-state index in [2.05, 4.69) is 17.6 Å². The molecular formula is C23H37N3O3. The molecule has 2 unspecified atom stereocenters. The van der Waals surface area contributed by atoms with Crippen molar-refractivity contribution < 1.29 is 14.3 Å². The summed E-state index contributed by atoms with van der Waals surface area (Å²) in [6.45, 7) is 8.42. The second kappa shape index (κ2) is 12.6. The minimum absolute atomic E-state index is 0.0672. The molecule has 2 atom stereocenters. The molecule has 0 aliphatic heterocycles. The second-order valence-corrected chi connectivity index (χ2v) is 8.09. The van der Waals surface area contributed by atoms with Gasteiger partial charge in [0.15, 0.2) is 0 Å². The molecule has 0 radical (unpaired) electrons. The number of carbonyl (C=O) groups is 2. The number of nitrogens with one attached hydrogen (secondary N) is 2. The second-order valence-electron chi connectivity index (χ2n) is 8.09. The lowest BCUT2D eigenvalue weighted by molar-refractivity contribution is -0.123. The van der Waals surface area contributed by atoms with E-state index in [1.165, 1.54) is 19.3 Å². The Balaban J connectivity index is 1.70. The van der Waals surface area contributed by atoms with Gasteiger partial charge in [-0.05, 0) is 50.3 Å². The molecule has 1 aliphatic rings. The van der Waals surface area contributed by atoms with Gasteiger partial charge in [-0.25, -0.2) is 0 Å². The maximum absolute atomic E-state index is 12.4. The Morgan fingerprint density at radius 3 is 2.59 bits per heavy atom. The average Bonchev–Trinajstić information content (AvgIpc) is 2.68. The van der Waals surface area contributed by atoms with Gasteiger partial charge in [-0.2, -0.15) is 0 Å². The first-order chi connectivity index (χ1) is 14.0. The third-order valence-corrected chi connectivity index (χ3v) is 5.48. The number of nitrogens with zero attached hydrogens (tertiary/aromatic N) is 1. The highest BCUT2D eigenvalue weighted by molar-refractivity contribution is 5.93. The van der Waals surface area contributed by atoms with E-state index in [1.54, 1.807) is 0 Å². The average molecular weight is 404 g/mol. The van der Waals surface area contributed by atoms with E-state index < -0.39 is 0 Å². The molecule has 0 bridgehead atoms. The van der Waals surface area contributed by atoms with Crippen LogP contribution in [-0.4, -0.2) is 55.6 Å². The van der Waals surface area contributed by atoms with Gasteiger partial charge in [-0.1, -0.05) is 44.9 Å². The summed E-state index contributed by atoms with van der Waals surface area (Å²) in [4.78, 5) is 26.6. The zero-order valence-electron chi connectivity index (χ0n) is 18.2. The van der Waals surface area contributed by atoms with Crippen molar-refractivity contribution in [3.05, 3.63) is 29.8 Å². The zero-order valence-corrected chi connectivity index (χ0v) is 18.2. The number of amides is 2. The molecule has 1 aromatic rings. The van der Waals surface area contributed by atoms with E-state index in [9.17, 15) is 9.59 Å². The SMILES string of the molecule is CCCN(CC(=O)NCCOC1CCCCC1C)CC(=O)Nc1ccccc1C. The first kappa shape index (κ1) is 23.4. The third-order valence-electron chi connectivity index (χ3n) is 5.48. The molecule has 1 aromatic carbocycles. The summed E-state index contributed by atoms with van der Waals surface area (Å²) < 4.78 is 5.95. The fraction of sp³-hybridized carbons (Fsp3) is 0.652. The van der Waals surface area contributed by atoms with Crippen molar-refractivity contribution in [3.63, 3.8) is 0 Å². The summed E-state index contributed by atoms with van der Waals surface area (Å²) in [5, 5.41) is 5.85. The lowest BCUT2D eigenvalue weighted by Crippen LogP contribution is -2.42. The molecule has 1 aliphatic carbocycles. The van der Waals surface area contributed by atoms with Gasteiger partial charge < -0.3 is 15.4 Å². The number of anilines is 1. The molecule has 1 saturated carbocycles. The number of hydrogen-bond donors (Lipinski definition) is 2. The molecule has 0 spiro atoms. The van der Waals surface area contributed by atoms with Crippen LogP contribution < -0.4 is 10.6 Å². The maximum atomic E-state index is 12.4. The lowest BCUT2D eigenvalue weighted by Gasteiger charge is -2.28. The van der Waals surface area contributed by atoms with Crippen molar-refractivity contribution in [1.29, 1.82) is 0 Å². The van der Waals surface area contributed by atoms with Crippen LogP contribution in [0.2, 0.25) is 0 Å². The fourth-order valence-corrected chi connectivity index (χ4v) is 3.83. The maximum Gasteiger partial charge on any atom is 0.238 e. The van der Waals surface area contributed by atoms with E-state index in [4.69, 9.17) is 4.74 Å². The number of carbonyl (C=O) groups excluding carboxylic acids is 2. The highest BCUT2D eigenvalue weighted by Gasteiger charge is 2.21. The molecule has 0 heterocycles. The first-order valence-electron chi connectivity index (χ1n) is 11.0. The van der Waals surface area contributed by atoms with Crippen LogP contribution in [0.25, 0.3) is 0 Å². The summed E-state index contributed by atoms with van der Waals surface area (Å²) >= 11 is 0. The Bertz CT molecular complexity index is 650. The van der Waals surface area contributed by atoms with Crippen molar-refractivity contribution in [2.24, 2.45) is 5.92 Å². The smallest absolute Gasteiger partial charge is 0.238 e. The molecule has 29 heavy (non-hydrogen) atoms. The molecule has 6 nitrogen and oxygen atoms in total. The molecule has 2 rings (SSSR count). The third kappa shape index (κ3) is 8.54. The Labute approximate surface area is 175 Å². The van der Waals surface area contributed by atoms with Crippen molar-refractivity contribution in [2.75, 3.05) is 38.1 Å². The topological polar surface area (TPSA) is 70.7 Å². The van der Waals surface area contributed by atoms with Crippen molar-refractivity contribution in [3.8, 4) is 0 Å². The summed E-state index contributed by atoms with van der Waals surface area (Å²) in [6, 6.07) is 7.69. The van der Waals surface area contributed by atoms with Gasteiger partial charge in [0.25, 0.3) is 0 Å². The van der Waals surface area contributed by atoms with E-state index >= 15 is 0 Å². The number of rotatable bonds is 11. The van der Waals surface area contributed by atoms with Crippen LogP contribution in [0.15, 0.2) is 24.3 Å². The summed E-state index contributed by atoms with van der Waals surface area (Å²) in [5.41, 5.74) is 1.83. The van der Waals surface area contributed by atoms with E-state index in [0.717, 1.165) is 24.1 Å². The summed E-state index contributed by atoms with van der Waals surface area (Å²) in [5.74, 6) is 0.434. The van der Waals surface area contributed by atoms with Crippen LogP contribution in [0.5, 0.6) is 0 Å². The standard InChI is InChI=1S/C23H37N3O3/c1-4-14-26(17-23(28)25-20-11-7-5-9-18(20)2)16-22(27)24-13-15-29-21-12-8-6-10-19(21)3/h5,7,9,11,19,21H,4,6,8,10,12-17H2,1-3H3,(H,24,27)(H,25,28). The highest BCUT2D eigenvalue weighted by Crippen LogP contribution is 2.25. The molecule has 2 amide bonds. The molecular weight excluding hydrogens is 366 g/mol. The van der Waals surface area contributed by atoms with Crippen molar-refractivity contribution >= 4 is 17.5 Å². The zero-order chi connectivity index (χ0) is 21.1. The number of benzene rings is 1. The number of aryl methyl sites for hydroxylation is 1. The lowest BCUT2D eigenvalue weighted by atomic mass is 9.88. The van der Waals surface area contributed by atoms with E-state index in [-0.39, 0.29) is 24.9 Å². The predicted molar refractivity (Wildman–Crippen MR) is 117 cm³/mol. The molecule has 6 heteroatoms. The van der Waals surface area contributed by atoms with Gasteiger partial charge in [0.1, 0.15) is 0 Å². The van der Waals surface area contributed by atoms with Crippen molar-refractivity contribution in [1.82, 2.24) is 10.2 Å². The van der Waals surface area contributed by atoms with Gasteiger partial charge in [-0.15, -0.1) is 0 Å². The van der Waals surface area contributed by atoms with Crippen LogP contribution in [-0.2, 0) is 14.3 Å². The number of para-hydroxylation sites is 1. The molecule has 162 valence electrons. The van der Waals surface area contributed by atoms with Crippen LogP contribution in [0.1, 0.15) is 51.5 Å². The monoisotopic (exact) mass is 403 g/mol. The van der Waals surface area contributed by atoms with Gasteiger partial charge in [-0.3, -0.25) is 14.5 Å².